The zero-order valence-corrected chi connectivity index (χ0v) is 17.9. The summed E-state index contributed by atoms with van der Waals surface area (Å²) in [6.45, 7) is 0. The second kappa shape index (κ2) is 7.46. The van der Waals surface area contributed by atoms with Crippen LogP contribution in [-0.4, -0.2) is 21.0 Å². The van der Waals surface area contributed by atoms with Gasteiger partial charge in [-0.15, -0.1) is 0 Å². The summed E-state index contributed by atoms with van der Waals surface area (Å²) in [6.07, 6.45) is 5.54. The molecule has 0 aliphatic heterocycles. The summed E-state index contributed by atoms with van der Waals surface area (Å²) in [4.78, 5) is 25.5. The van der Waals surface area contributed by atoms with Crippen molar-refractivity contribution in [2.75, 3.05) is 5.32 Å². The number of pyridine rings is 3. The minimum atomic E-state index is -0.0659. The maximum Gasteiger partial charge on any atom is 0.193 e. The third-order valence-corrected chi connectivity index (χ3v) is 6.11. The summed E-state index contributed by atoms with van der Waals surface area (Å²) >= 11 is 6.66. The number of aromatic amines is 1. The van der Waals surface area contributed by atoms with E-state index in [2.05, 4.69) is 21.4 Å². The predicted molar refractivity (Wildman–Crippen MR) is 130 cm³/mol. The van der Waals surface area contributed by atoms with Crippen LogP contribution in [0.25, 0.3) is 44.3 Å². The summed E-state index contributed by atoms with van der Waals surface area (Å²) in [5.74, 6) is 0. The number of fused-ring (bicyclic) bond motifs is 2. The van der Waals surface area contributed by atoms with Gasteiger partial charge in [-0.05, 0) is 36.6 Å². The Kier molecular flexibility index (Phi) is 4.44. The molecule has 0 bridgehead atoms. The lowest BCUT2D eigenvalue weighted by molar-refractivity contribution is 1.15. The molecule has 2 aromatic carbocycles. The molecule has 2 N–H and O–H groups in total. The number of hydrogen-bond acceptors (Lipinski definition) is 4. The Morgan fingerprint density at radius 1 is 1.00 bits per heavy atom. The van der Waals surface area contributed by atoms with Crippen LogP contribution in [0, 0.1) is 0 Å². The van der Waals surface area contributed by atoms with Crippen molar-refractivity contribution in [2.45, 2.75) is 18.9 Å². The van der Waals surface area contributed by atoms with Gasteiger partial charge in [-0.2, -0.15) is 0 Å². The van der Waals surface area contributed by atoms with Crippen LogP contribution in [0.4, 0.5) is 5.69 Å². The van der Waals surface area contributed by atoms with Gasteiger partial charge in [0.25, 0.3) is 0 Å². The fourth-order valence-corrected chi connectivity index (χ4v) is 4.44. The van der Waals surface area contributed by atoms with E-state index in [1.54, 1.807) is 18.5 Å². The van der Waals surface area contributed by atoms with Crippen LogP contribution in [0.15, 0.2) is 77.9 Å². The molecule has 5 aromatic rings. The molecule has 0 atom stereocenters. The molecule has 3 heterocycles. The van der Waals surface area contributed by atoms with E-state index in [1.165, 1.54) is 0 Å². The van der Waals surface area contributed by atoms with Crippen LogP contribution in [0.2, 0.25) is 5.02 Å². The number of H-pyrrole nitrogens is 1. The quantitative estimate of drug-likeness (QED) is 0.359. The smallest absolute Gasteiger partial charge is 0.193 e. The van der Waals surface area contributed by atoms with Crippen LogP contribution in [-0.2, 0) is 0 Å². The second-order valence-electron chi connectivity index (χ2n) is 8.09. The highest BCUT2D eigenvalue weighted by atomic mass is 35.5. The molecule has 6 rings (SSSR count). The molecular formula is C26H19ClN4O. The Morgan fingerprint density at radius 2 is 1.84 bits per heavy atom. The first-order chi connectivity index (χ1) is 15.7. The van der Waals surface area contributed by atoms with Crippen molar-refractivity contribution in [2.24, 2.45) is 0 Å². The molecule has 0 radical (unpaired) electrons. The maximum atomic E-state index is 13.0. The van der Waals surface area contributed by atoms with E-state index in [0.29, 0.717) is 22.1 Å². The third kappa shape index (κ3) is 3.22. The SMILES string of the molecule is O=c1cc[nH]c2nc(-c3ccccc3)c(-c3cc(Cl)c4ncccc4c3)c(NC3CC3)c12. The Bertz CT molecular complexity index is 1540. The highest BCUT2D eigenvalue weighted by Gasteiger charge is 2.27. The van der Waals surface area contributed by atoms with Gasteiger partial charge in [0.05, 0.1) is 27.3 Å². The van der Waals surface area contributed by atoms with Crippen LogP contribution in [0.1, 0.15) is 12.8 Å². The zero-order chi connectivity index (χ0) is 21.7. The van der Waals surface area contributed by atoms with E-state index >= 15 is 0 Å². The average Bonchev–Trinajstić information content (AvgIpc) is 3.63. The number of nitrogens with one attached hydrogen (secondary N) is 2. The van der Waals surface area contributed by atoms with Crippen LogP contribution in [0.5, 0.6) is 0 Å². The molecule has 0 saturated heterocycles. The van der Waals surface area contributed by atoms with Crippen molar-refractivity contribution in [1.29, 1.82) is 0 Å². The van der Waals surface area contributed by atoms with E-state index in [-0.39, 0.29) is 5.43 Å². The first-order valence-corrected chi connectivity index (χ1v) is 11.0. The van der Waals surface area contributed by atoms with Gasteiger partial charge < -0.3 is 10.3 Å². The largest absolute Gasteiger partial charge is 0.381 e. The van der Waals surface area contributed by atoms with Crippen molar-refractivity contribution >= 4 is 39.2 Å². The zero-order valence-electron chi connectivity index (χ0n) is 17.1. The summed E-state index contributed by atoms with van der Waals surface area (Å²) in [7, 11) is 0. The van der Waals surface area contributed by atoms with Gasteiger partial charge in [0.2, 0.25) is 0 Å². The monoisotopic (exact) mass is 438 g/mol. The Morgan fingerprint density at radius 3 is 2.66 bits per heavy atom. The molecule has 0 spiro atoms. The van der Waals surface area contributed by atoms with Crippen LogP contribution in [0.3, 0.4) is 0 Å². The summed E-state index contributed by atoms with van der Waals surface area (Å²) < 4.78 is 0. The molecule has 0 amide bonds. The molecule has 6 heteroatoms. The Hall–Kier alpha value is -3.70. The van der Waals surface area contributed by atoms with Gasteiger partial charge in [0.15, 0.2) is 5.43 Å². The molecule has 5 nitrogen and oxygen atoms in total. The number of nitrogens with zero attached hydrogens (tertiary/aromatic N) is 2. The number of anilines is 1. The summed E-state index contributed by atoms with van der Waals surface area (Å²) in [5.41, 5.74) is 5.59. The molecule has 1 saturated carbocycles. The van der Waals surface area contributed by atoms with Crippen molar-refractivity contribution < 1.29 is 0 Å². The van der Waals surface area contributed by atoms with Crippen molar-refractivity contribution in [3.05, 3.63) is 88.3 Å². The van der Waals surface area contributed by atoms with Gasteiger partial charge >= 0.3 is 0 Å². The first-order valence-electron chi connectivity index (χ1n) is 10.6. The normalized spacial score (nSPS) is 13.5. The molecule has 1 aliphatic rings. The fourth-order valence-electron chi connectivity index (χ4n) is 4.16. The number of aromatic nitrogens is 3. The van der Waals surface area contributed by atoms with Crippen LogP contribution < -0.4 is 10.7 Å². The molecule has 32 heavy (non-hydrogen) atoms. The third-order valence-electron chi connectivity index (χ3n) is 5.82. The summed E-state index contributed by atoms with van der Waals surface area (Å²) in [6, 6.07) is 19.8. The van der Waals surface area contributed by atoms with Gasteiger partial charge in [0, 0.05) is 41.0 Å². The van der Waals surface area contributed by atoms with Crippen molar-refractivity contribution in [3.8, 4) is 22.4 Å². The lowest BCUT2D eigenvalue weighted by Crippen LogP contribution is -2.12. The van der Waals surface area contributed by atoms with E-state index in [1.807, 2.05) is 48.5 Å². The Labute approximate surface area is 189 Å². The molecule has 3 aromatic heterocycles. The van der Waals surface area contributed by atoms with E-state index in [9.17, 15) is 4.79 Å². The average molecular weight is 439 g/mol. The topological polar surface area (TPSA) is 70.7 Å². The lowest BCUT2D eigenvalue weighted by atomic mass is 9.94. The number of halogens is 1. The minimum Gasteiger partial charge on any atom is -0.381 e. The minimum absolute atomic E-state index is 0.0659. The van der Waals surface area contributed by atoms with Crippen LogP contribution >= 0.6 is 11.6 Å². The number of benzene rings is 2. The summed E-state index contributed by atoms with van der Waals surface area (Å²) in [5, 5.41) is 5.70. The molecular weight excluding hydrogens is 420 g/mol. The second-order valence-corrected chi connectivity index (χ2v) is 8.50. The molecule has 0 unspecified atom stereocenters. The maximum absolute atomic E-state index is 13.0. The lowest BCUT2D eigenvalue weighted by Gasteiger charge is -2.19. The van der Waals surface area contributed by atoms with E-state index in [0.717, 1.165) is 51.8 Å². The van der Waals surface area contributed by atoms with Gasteiger partial charge in [-0.3, -0.25) is 9.78 Å². The standard InChI is InChI=1S/C26H19ClN4O/c27-19-14-17(13-16-7-4-11-28-23(16)19)21-24(15-5-2-1-3-6-15)31-26-22(20(32)10-12-29-26)25(21)30-18-8-9-18/h1-7,10-14,18H,8-9H2,(H2,29,30,31,32). The highest BCUT2D eigenvalue weighted by Crippen LogP contribution is 2.43. The number of rotatable bonds is 4. The van der Waals surface area contributed by atoms with Gasteiger partial charge in [-0.25, -0.2) is 4.98 Å². The van der Waals surface area contributed by atoms with E-state index in [4.69, 9.17) is 16.6 Å². The first kappa shape index (κ1) is 19.0. The Balaban J connectivity index is 1.76. The van der Waals surface area contributed by atoms with Gasteiger partial charge in [0.1, 0.15) is 5.65 Å². The highest BCUT2D eigenvalue weighted by molar-refractivity contribution is 6.35. The number of hydrogen-bond donors (Lipinski definition) is 2. The fraction of sp³-hybridized carbons (Fsp3) is 0.115. The van der Waals surface area contributed by atoms with E-state index < -0.39 is 0 Å². The molecule has 1 fully saturated rings. The van der Waals surface area contributed by atoms with Crippen molar-refractivity contribution in [1.82, 2.24) is 15.0 Å². The predicted octanol–water partition coefficient (Wildman–Crippen LogP) is 6.03. The van der Waals surface area contributed by atoms with Crippen molar-refractivity contribution in [3.63, 3.8) is 0 Å². The molecule has 1 aliphatic carbocycles. The van der Waals surface area contributed by atoms with Gasteiger partial charge in [-0.1, -0.05) is 48.0 Å². The molecule has 156 valence electrons.